The van der Waals surface area contributed by atoms with Crippen LogP contribution < -0.4 is 4.31 Å². The van der Waals surface area contributed by atoms with E-state index in [4.69, 9.17) is 4.74 Å². The van der Waals surface area contributed by atoms with Gasteiger partial charge >= 0.3 is 15.2 Å². The Kier molecular flexibility index (Phi) is 12.8. The van der Waals surface area contributed by atoms with Gasteiger partial charge in [-0.25, -0.2) is 4.31 Å². The summed E-state index contributed by atoms with van der Waals surface area (Å²) >= 11 is 0. The quantitative estimate of drug-likeness (QED) is 0.161. The molecule has 8 nitrogen and oxygen atoms in total. The summed E-state index contributed by atoms with van der Waals surface area (Å²) in [5, 5.41) is 11.9. The summed E-state index contributed by atoms with van der Waals surface area (Å²) in [6.07, 6.45) is 12.3. The highest BCUT2D eigenvalue weighted by atomic mass is 32.2. The van der Waals surface area contributed by atoms with Crippen molar-refractivity contribution in [3.05, 3.63) is 29.3 Å². The van der Waals surface area contributed by atoms with Crippen LogP contribution in [0, 0.1) is 0 Å². The SMILES string of the molecule is CCCCCCCCCCCCn1nnc(S(=O)(=O)N(COC)c2c(C(C)C)cccc2C(C)C)n1. The highest BCUT2D eigenvalue weighted by Gasteiger charge is 2.33. The van der Waals surface area contributed by atoms with Gasteiger partial charge in [0.15, 0.2) is 0 Å². The maximum absolute atomic E-state index is 13.7. The molecule has 0 saturated carbocycles. The Morgan fingerprint density at radius 2 is 1.42 bits per heavy atom. The molecule has 204 valence electrons. The fourth-order valence-electron chi connectivity index (χ4n) is 4.44. The third-order valence-electron chi connectivity index (χ3n) is 6.51. The highest BCUT2D eigenvalue weighted by molar-refractivity contribution is 7.92. The van der Waals surface area contributed by atoms with Crippen molar-refractivity contribution in [2.45, 2.75) is 122 Å². The summed E-state index contributed by atoms with van der Waals surface area (Å²) in [5.74, 6) is 0.265. The van der Waals surface area contributed by atoms with Gasteiger partial charge in [-0.2, -0.15) is 13.2 Å². The van der Waals surface area contributed by atoms with Crippen molar-refractivity contribution in [3.63, 3.8) is 0 Å². The van der Waals surface area contributed by atoms with E-state index >= 15 is 0 Å². The monoisotopic (exact) mass is 521 g/mol. The van der Waals surface area contributed by atoms with Crippen LogP contribution in [0.2, 0.25) is 0 Å². The number of tetrazole rings is 1. The molecular formula is C27H47N5O3S. The lowest BCUT2D eigenvalue weighted by atomic mass is 9.93. The summed E-state index contributed by atoms with van der Waals surface area (Å²) in [6.45, 7) is 10.9. The number of aromatic nitrogens is 4. The van der Waals surface area contributed by atoms with E-state index in [1.54, 1.807) is 0 Å². The smallest absolute Gasteiger partial charge is 0.309 e. The highest BCUT2D eigenvalue weighted by Crippen LogP contribution is 2.37. The Hall–Kier alpha value is -2.00. The first-order valence-electron chi connectivity index (χ1n) is 13.7. The van der Waals surface area contributed by atoms with E-state index in [1.165, 1.54) is 67.6 Å². The molecule has 1 aromatic heterocycles. The van der Waals surface area contributed by atoms with Crippen molar-refractivity contribution in [2.24, 2.45) is 0 Å². The number of rotatable bonds is 18. The number of ether oxygens (including phenoxy) is 1. The van der Waals surface area contributed by atoms with E-state index in [0.29, 0.717) is 12.2 Å². The van der Waals surface area contributed by atoms with Gasteiger partial charge in [0.2, 0.25) is 0 Å². The molecule has 0 aliphatic heterocycles. The van der Waals surface area contributed by atoms with Crippen LogP contribution in [0.5, 0.6) is 0 Å². The van der Waals surface area contributed by atoms with Gasteiger partial charge in [0.25, 0.3) is 0 Å². The van der Waals surface area contributed by atoms with Crippen molar-refractivity contribution >= 4 is 15.7 Å². The first kappa shape index (κ1) is 30.2. The zero-order valence-electron chi connectivity index (χ0n) is 23.2. The molecule has 0 fully saturated rings. The van der Waals surface area contributed by atoms with Gasteiger partial charge in [-0.05, 0) is 34.6 Å². The van der Waals surface area contributed by atoms with Crippen LogP contribution in [0.1, 0.15) is 122 Å². The number of sulfonamides is 1. The lowest BCUT2D eigenvalue weighted by Crippen LogP contribution is -2.35. The molecule has 0 amide bonds. The second-order valence-corrected chi connectivity index (χ2v) is 12.0. The Morgan fingerprint density at radius 3 is 1.92 bits per heavy atom. The summed E-state index contributed by atoms with van der Waals surface area (Å²) in [7, 11) is -2.57. The molecule has 1 aromatic carbocycles. The van der Waals surface area contributed by atoms with E-state index < -0.39 is 10.0 Å². The third-order valence-corrected chi connectivity index (χ3v) is 8.00. The molecule has 0 spiro atoms. The first-order valence-corrected chi connectivity index (χ1v) is 15.1. The van der Waals surface area contributed by atoms with Gasteiger partial charge in [0.05, 0.1) is 12.2 Å². The Balaban J connectivity index is 2.07. The van der Waals surface area contributed by atoms with Crippen LogP contribution >= 0.6 is 0 Å². The lowest BCUT2D eigenvalue weighted by molar-refractivity contribution is 0.209. The van der Waals surface area contributed by atoms with Crippen LogP contribution in [0.15, 0.2) is 23.4 Å². The molecule has 0 radical (unpaired) electrons. The lowest BCUT2D eigenvalue weighted by Gasteiger charge is -2.29. The maximum atomic E-state index is 13.7. The van der Waals surface area contributed by atoms with Crippen molar-refractivity contribution < 1.29 is 13.2 Å². The number of para-hydroxylation sites is 1. The topological polar surface area (TPSA) is 90.2 Å². The Labute approximate surface area is 218 Å². The number of hydrogen-bond donors (Lipinski definition) is 0. The normalized spacial score (nSPS) is 12.1. The van der Waals surface area contributed by atoms with E-state index in [9.17, 15) is 8.42 Å². The molecule has 1 heterocycles. The Morgan fingerprint density at radius 1 is 0.889 bits per heavy atom. The summed E-state index contributed by atoms with van der Waals surface area (Å²) in [4.78, 5) is 1.40. The third kappa shape index (κ3) is 8.54. The number of unbranched alkanes of at least 4 members (excludes halogenated alkanes) is 9. The number of hydrogen-bond acceptors (Lipinski definition) is 6. The van der Waals surface area contributed by atoms with Crippen LogP contribution in [-0.4, -0.2) is 42.5 Å². The average Bonchev–Trinajstić information content (AvgIpc) is 3.33. The number of nitrogens with zero attached hydrogens (tertiary/aromatic N) is 5. The van der Waals surface area contributed by atoms with Crippen LogP contribution in [-0.2, 0) is 21.3 Å². The molecule has 0 aliphatic rings. The second kappa shape index (κ2) is 15.3. The minimum atomic E-state index is -4.06. The molecule has 36 heavy (non-hydrogen) atoms. The first-order chi connectivity index (χ1) is 17.2. The molecule has 0 N–H and O–H groups in total. The van der Waals surface area contributed by atoms with Crippen LogP contribution in [0.25, 0.3) is 0 Å². The van der Waals surface area contributed by atoms with Crippen molar-refractivity contribution in [2.75, 3.05) is 18.1 Å². The molecule has 0 unspecified atom stereocenters. The van der Waals surface area contributed by atoms with Crippen LogP contribution in [0.3, 0.4) is 0 Å². The summed E-state index contributed by atoms with van der Waals surface area (Å²) in [6, 6.07) is 5.92. The molecule has 0 aliphatic carbocycles. The van der Waals surface area contributed by atoms with E-state index in [2.05, 4.69) is 50.0 Å². The van der Waals surface area contributed by atoms with Crippen molar-refractivity contribution in [3.8, 4) is 0 Å². The average molecular weight is 522 g/mol. The number of methoxy groups -OCH3 is 1. The van der Waals surface area contributed by atoms with E-state index in [-0.39, 0.29) is 23.7 Å². The van der Waals surface area contributed by atoms with Gasteiger partial charge in [-0.15, -0.1) is 5.10 Å². The van der Waals surface area contributed by atoms with Gasteiger partial charge in [0.1, 0.15) is 6.73 Å². The molecule has 0 bridgehead atoms. The largest absolute Gasteiger partial charge is 0.363 e. The molecule has 0 saturated heterocycles. The molecule has 9 heteroatoms. The number of anilines is 1. The van der Waals surface area contributed by atoms with E-state index in [1.807, 2.05) is 18.2 Å². The maximum Gasteiger partial charge on any atom is 0.309 e. The van der Waals surface area contributed by atoms with Crippen LogP contribution in [0.4, 0.5) is 5.69 Å². The van der Waals surface area contributed by atoms with Gasteiger partial charge < -0.3 is 4.74 Å². The van der Waals surface area contributed by atoms with Gasteiger partial charge in [0, 0.05) is 7.11 Å². The Bertz CT molecular complexity index is 978. The second-order valence-electron chi connectivity index (χ2n) is 10.2. The molecule has 2 rings (SSSR count). The zero-order chi connectivity index (χ0) is 26.6. The molecular weight excluding hydrogens is 474 g/mol. The van der Waals surface area contributed by atoms with Crippen molar-refractivity contribution in [1.82, 2.24) is 20.2 Å². The summed E-state index contributed by atoms with van der Waals surface area (Å²) in [5.41, 5.74) is 2.54. The van der Waals surface area contributed by atoms with Crippen molar-refractivity contribution in [1.29, 1.82) is 0 Å². The predicted molar refractivity (Wildman–Crippen MR) is 146 cm³/mol. The predicted octanol–water partition coefficient (Wildman–Crippen LogP) is 6.64. The molecule has 0 atom stereocenters. The fourth-order valence-corrected chi connectivity index (χ4v) is 5.67. The number of benzene rings is 1. The number of aryl methyl sites for hydroxylation is 1. The minimum absolute atomic E-state index is 0.126. The standard InChI is InChI=1S/C27H47N5O3S/c1-7-8-9-10-11-12-13-14-15-16-20-32-29-27(28-30-32)36(33,34)31(21-35-6)26-24(22(2)3)18-17-19-25(26)23(4)5/h17-19,22-23H,7-16,20-21H2,1-6H3. The summed E-state index contributed by atoms with van der Waals surface area (Å²) < 4.78 is 34.0. The minimum Gasteiger partial charge on any atom is -0.363 e. The van der Waals surface area contributed by atoms with E-state index in [0.717, 1.165) is 24.0 Å². The van der Waals surface area contributed by atoms with Gasteiger partial charge in [-0.1, -0.05) is 116 Å². The fraction of sp³-hybridized carbons (Fsp3) is 0.741. The van der Waals surface area contributed by atoms with Gasteiger partial charge in [-0.3, -0.25) is 0 Å². The zero-order valence-corrected chi connectivity index (χ0v) is 24.1. The molecule has 2 aromatic rings.